The minimum absolute atomic E-state index is 0.362. The van der Waals surface area contributed by atoms with Crippen molar-refractivity contribution in [2.75, 3.05) is 12.4 Å². The predicted molar refractivity (Wildman–Crippen MR) is 53.3 cm³/mol. The van der Waals surface area contributed by atoms with Crippen molar-refractivity contribution in [2.24, 2.45) is 0 Å². The zero-order valence-corrected chi connectivity index (χ0v) is 8.74. The molecule has 0 unspecified atom stereocenters. The number of nitrogen functional groups attached to an aromatic ring is 1. The lowest BCUT2D eigenvalue weighted by atomic mass is 10.4. The summed E-state index contributed by atoms with van der Waals surface area (Å²) in [6.07, 6.45) is 0. The van der Waals surface area contributed by atoms with Gasteiger partial charge >= 0.3 is 5.97 Å². The van der Waals surface area contributed by atoms with Gasteiger partial charge in [-0.25, -0.2) is 9.47 Å². The molecule has 0 amide bonds. The molecular formula is C7H9IN2O2. The molecule has 0 radical (unpaired) electrons. The zero-order chi connectivity index (χ0) is 9.14. The smallest absolute Gasteiger partial charge is 0.356 e. The summed E-state index contributed by atoms with van der Waals surface area (Å²) < 4.78 is 6.88. The Labute approximate surface area is 83.8 Å². The number of nitrogens with two attached hydrogens (primary N) is 1. The van der Waals surface area contributed by atoms with Gasteiger partial charge in [0.25, 0.3) is 0 Å². The van der Waals surface area contributed by atoms with Crippen LogP contribution in [0.3, 0.4) is 0 Å². The highest BCUT2D eigenvalue weighted by atomic mass is 127. The summed E-state index contributed by atoms with van der Waals surface area (Å²) in [7, 11) is 0. The van der Waals surface area contributed by atoms with Crippen molar-refractivity contribution >= 4 is 28.6 Å². The molecule has 4 nitrogen and oxygen atoms in total. The van der Waals surface area contributed by atoms with Crippen LogP contribution in [0.1, 0.15) is 17.4 Å². The van der Waals surface area contributed by atoms with Crippen LogP contribution in [-0.2, 0) is 4.74 Å². The van der Waals surface area contributed by atoms with Crippen LogP contribution in [0.25, 0.3) is 0 Å². The lowest BCUT2D eigenvalue weighted by Crippen LogP contribution is -2.19. The average Bonchev–Trinajstić information content (AvgIpc) is 2.34. The number of carbonyl (C=O) groups is 1. The van der Waals surface area contributed by atoms with Crippen molar-refractivity contribution in [2.45, 2.75) is 6.92 Å². The van der Waals surface area contributed by atoms with Gasteiger partial charge in [0.1, 0.15) is 9.39 Å². The number of halogens is 1. The van der Waals surface area contributed by atoms with Crippen molar-refractivity contribution in [1.82, 2.24) is 4.68 Å². The number of hydrogen-bond acceptors (Lipinski definition) is 3. The minimum atomic E-state index is -0.386. The second-order valence-electron chi connectivity index (χ2n) is 2.13. The van der Waals surface area contributed by atoms with Crippen LogP contribution in [0.5, 0.6) is 0 Å². The van der Waals surface area contributed by atoms with E-state index in [0.717, 1.165) is 3.70 Å². The van der Waals surface area contributed by atoms with Crippen molar-refractivity contribution in [3.05, 3.63) is 21.5 Å². The van der Waals surface area contributed by atoms with Crippen LogP contribution >= 0.6 is 22.6 Å². The van der Waals surface area contributed by atoms with Gasteiger partial charge in [-0.3, -0.25) is 0 Å². The van der Waals surface area contributed by atoms with Gasteiger partial charge in [0.15, 0.2) is 0 Å². The number of esters is 1. The molecule has 1 aromatic rings. The van der Waals surface area contributed by atoms with E-state index in [2.05, 4.69) is 0 Å². The summed E-state index contributed by atoms with van der Waals surface area (Å²) in [5.41, 5.74) is 0.376. The fraction of sp³-hybridized carbons (Fsp3) is 0.286. The Morgan fingerprint density at radius 1 is 1.75 bits per heavy atom. The molecule has 0 atom stereocenters. The van der Waals surface area contributed by atoms with E-state index in [-0.39, 0.29) is 5.97 Å². The third-order valence-corrected chi connectivity index (χ3v) is 2.23. The Kier molecular flexibility index (Phi) is 2.96. The lowest BCUT2D eigenvalue weighted by molar-refractivity contribution is 0.0516. The molecule has 2 N–H and O–H groups in total. The van der Waals surface area contributed by atoms with Crippen molar-refractivity contribution < 1.29 is 9.53 Å². The Morgan fingerprint density at radius 2 is 2.42 bits per heavy atom. The summed E-state index contributed by atoms with van der Waals surface area (Å²) in [5.74, 6) is 5.16. The fourth-order valence-corrected chi connectivity index (χ4v) is 1.23. The van der Waals surface area contributed by atoms with E-state index in [1.807, 2.05) is 22.6 Å². The highest BCUT2D eigenvalue weighted by Crippen LogP contribution is 2.08. The fourth-order valence-electron chi connectivity index (χ4n) is 0.795. The predicted octanol–water partition coefficient (Wildman–Crippen LogP) is 0.983. The van der Waals surface area contributed by atoms with Crippen molar-refractivity contribution in [3.63, 3.8) is 0 Å². The highest BCUT2D eigenvalue weighted by Gasteiger charge is 2.12. The van der Waals surface area contributed by atoms with Crippen LogP contribution in [0.4, 0.5) is 0 Å². The summed E-state index contributed by atoms with van der Waals surface area (Å²) in [6, 6.07) is 3.40. The van der Waals surface area contributed by atoms with Gasteiger partial charge in [0.2, 0.25) is 0 Å². The Bertz CT molecular complexity index is 296. The lowest BCUT2D eigenvalue weighted by Gasteiger charge is -2.02. The Balaban J connectivity index is 2.88. The van der Waals surface area contributed by atoms with E-state index in [1.165, 1.54) is 4.68 Å². The van der Waals surface area contributed by atoms with Crippen molar-refractivity contribution in [3.8, 4) is 0 Å². The molecule has 0 aliphatic carbocycles. The SMILES string of the molecule is CCOC(=O)c1ccc(I)n1N. The van der Waals surface area contributed by atoms with E-state index in [9.17, 15) is 4.79 Å². The van der Waals surface area contributed by atoms with Crippen LogP contribution < -0.4 is 5.84 Å². The molecule has 0 spiro atoms. The van der Waals surface area contributed by atoms with Gasteiger partial charge < -0.3 is 10.6 Å². The largest absolute Gasteiger partial charge is 0.461 e. The van der Waals surface area contributed by atoms with E-state index < -0.39 is 0 Å². The molecule has 0 saturated heterocycles. The second kappa shape index (κ2) is 3.79. The second-order valence-corrected chi connectivity index (χ2v) is 3.24. The Hall–Kier alpha value is -0.720. The number of ether oxygens (including phenoxy) is 1. The van der Waals surface area contributed by atoms with E-state index in [4.69, 9.17) is 10.6 Å². The molecular weight excluding hydrogens is 271 g/mol. The average molecular weight is 280 g/mol. The van der Waals surface area contributed by atoms with Crippen LogP contribution in [-0.4, -0.2) is 17.3 Å². The van der Waals surface area contributed by atoms with Gasteiger partial charge in [-0.1, -0.05) is 0 Å². The van der Waals surface area contributed by atoms with Gasteiger partial charge in [0.05, 0.1) is 6.61 Å². The quantitative estimate of drug-likeness (QED) is 0.499. The first-order chi connectivity index (χ1) is 5.66. The summed E-state index contributed by atoms with van der Waals surface area (Å²) in [6.45, 7) is 2.12. The van der Waals surface area contributed by atoms with Gasteiger partial charge in [-0.05, 0) is 41.6 Å². The molecule has 5 heteroatoms. The molecule has 0 bridgehead atoms. The number of hydrogen-bond donors (Lipinski definition) is 1. The van der Waals surface area contributed by atoms with Gasteiger partial charge in [-0.15, -0.1) is 0 Å². The van der Waals surface area contributed by atoms with E-state index in [0.29, 0.717) is 12.3 Å². The molecule has 0 aliphatic heterocycles. The van der Waals surface area contributed by atoms with Crippen LogP contribution in [0, 0.1) is 3.70 Å². The molecule has 0 aliphatic rings. The zero-order valence-electron chi connectivity index (χ0n) is 6.58. The molecule has 0 saturated carbocycles. The third-order valence-electron chi connectivity index (χ3n) is 1.35. The molecule has 1 rings (SSSR count). The number of nitrogens with zero attached hydrogens (tertiary/aromatic N) is 1. The maximum absolute atomic E-state index is 11.2. The van der Waals surface area contributed by atoms with Crippen molar-refractivity contribution in [1.29, 1.82) is 0 Å². The van der Waals surface area contributed by atoms with Crippen LogP contribution in [0.2, 0.25) is 0 Å². The topological polar surface area (TPSA) is 57.2 Å². The van der Waals surface area contributed by atoms with Gasteiger partial charge in [0, 0.05) is 0 Å². The van der Waals surface area contributed by atoms with Crippen LogP contribution in [0.15, 0.2) is 12.1 Å². The first-order valence-electron chi connectivity index (χ1n) is 3.46. The standard InChI is InChI=1S/C7H9IN2O2/c1-2-12-7(11)5-3-4-6(8)10(5)9/h3-4H,2,9H2,1H3. The normalized spacial score (nSPS) is 9.83. The van der Waals surface area contributed by atoms with E-state index in [1.54, 1.807) is 19.1 Å². The first-order valence-corrected chi connectivity index (χ1v) is 4.54. The first kappa shape index (κ1) is 9.37. The maximum Gasteiger partial charge on any atom is 0.356 e. The highest BCUT2D eigenvalue weighted by molar-refractivity contribution is 14.1. The molecule has 12 heavy (non-hydrogen) atoms. The molecule has 0 fully saturated rings. The summed E-state index contributed by atoms with van der Waals surface area (Å²) in [4.78, 5) is 11.2. The molecule has 1 aromatic heterocycles. The van der Waals surface area contributed by atoms with Gasteiger partial charge in [-0.2, -0.15) is 0 Å². The summed E-state index contributed by atoms with van der Waals surface area (Å²) in [5, 5.41) is 0. The number of carbonyl (C=O) groups excluding carboxylic acids is 1. The molecule has 66 valence electrons. The number of rotatable bonds is 2. The monoisotopic (exact) mass is 280 g/mol. The molecule has 1 heterocycles. The van der Waals surface area contributed by atoms with E-state index >= 15 is 0 Å². The third kappa shape index (κ3) is 1.71. The minimum Gasteiger partial charge on any atom is -0.461 e. The molecule has 0 aromatic carbocycles. The summed E-state index contributed by atoms with van der Waals surface area (Å²) >= 11 is 2.04. The maximum atomic E-state index is 11.2. The number of aromatic nitrogens is 1. The Morgan fingerprint density at radius 3 is 2.83 bits per heavy atom.